The van der Waals surface area contributed by atoms with Crippen LogP contribution in [-0.2, 0) is 4.79 Å². The first-order chi connectivity index (χ1) is 7.31. The predicted molar refractivity (Wildman–Crippen MR) is 65.7 cm³/mol. The maximum absolute atomic E-state index is 11.0. The largest absolute Gasteiger partial charge is 0.285 e. The number of ketones is 1. The Kier molecular flexibility index (Phi) is 10.7. The van der Waals surface area contributed by atoms with Crippen molar-refractivity contribution in [3.8, 4) is 11.8 Å². The van der Waals surface area contributed by atoms with Gasteiger partial charge in [0.05, 0.1) is 0 Å². The van der Waals surface area contributed by atoms with E-state index in [-0.39, 0.29) is 5.78 Å². The Balaban J connectivity index is 3.26. The quantitative estimate of drug-likeness (QED) is 0.333. The Hall–Kier alpha value is -0.770. The third kappa shape index (κ3) is 11.2. The first-order valence-corrected chi connectivity index (χ1v) is 6.33. The molecule has 0 radical (unpaired) electrons. The Labute approximate surface area is 94.6 Å². The fourth-order valence-corrected chi connectivity index (χ4v) is 1.44. The molecule has 0 spiro atoms. The Morgan fingerprint density at radius 3 is 2.27 bits per heavy atom. The summed E-state index contributed by atoms with van der Waals surface area (Å²) in [6.07, 6.45) is 10.1. The molecule has 0 aromatic rings. The molecule has 0 aromatic heterocycles. The van der Waals surface area contributed by atoms with Gasteiger partial charge in [-0.2, -0.15) is 0 Å². The van der Waals surface area contributed by atoms with Gasteiger partial charge < -0.3 is 0 Å². The summed E-state index contributed by atoms with van der Waals surface area (Å²) in [7, 11) is 0. The second-order valence-corrected chi connectivity index (χ2v) is 3.99. The smallest absolute Gasteiger partial charge is 0.205 e. The lowest BCUT2D eigenvalue weighted by Gasteiger charge is -1.96. The van der Waals surface area contributed by atoms with E-state index < -0.39 is 0 Å². The molecule has 0 unspecified atom stereocenters. The Morgan fingerprint density at radius 2 is 1.60 bits per heavy atom. The van der Waals surface area contributed by atoms with E-state index in [1.54, 1.807) is 0 Å². The van der Waals surface area contributed by atoms with Crippen LogP contribution in [0.3, 0.4) is 0 Å². The van der Waals surface area contributed by atoms with Crippen molar-refractivity contribution < 1.29 is 4.79 Å². The molecule has 0 atom stereocenters. The molecule has 1 heteroatoms. The van der Waals surface area contributed by atoms with Gasteiger partial charge in [-0.1, -0.05) is 51.9 Å². The maximum atomic E-state index is 11.0. The molecule has 1 nitrogen and oxygen atoms in total. The molecule has 0 aliphatic carbocycles. The van der Waals surface area contributed by atoms with Crippen molar-refractivity contribution in [2.75, 3.05) is 0 Å². The fraction of sp³-hybridized carbons (Fsp3) is 0.786. The summed E-state index contributed by atoms with van der Waals surface area (Å²) in [5, 5.41) is 0. The van der Waals surface area contributed by atoms with E-state index in [2.05, 4.69) is 18.8 Å². The third-order valence-corrected chi connectivity index (χ3v) is 2.36. The van der Waals surface area contributed by atoms with Crippen molar-refractivity contribution in [1.82, 2.24) is 0 Å². The SMILES string of the molecule is CCCCCCCCC#CC(=O)CCC. The molecule has 0 rings (SSSR count). The minimum absolute atomic E-state index is 0.100. The van der Waals surface area contributed by atoms with E-state index in [4.69, 9.17) is 0 Å². The summed E-state index contributed by atoms with van der Waals surface area (Å²) < 4.78 is 0. The number of hydrogen-bond acceptors (Lipinski definition) is 1. The van der Waals surface area contributed by atoms with Gasteiger partial charge in [-0.3, -0.25) is 4.79 Å². The summed E-state index contributed by atoms with van der Waals surface area (Å²) in [6, 6.07) is 0. The van der Waals surface area contributed by atoms with Gasteiger partial charge in [0, 0.05) is 12.8 Å². The van der Waals surface area contributed by atoms with Crippen molar-refractivity contribution >= 4 is 5.78 Å². The van der Waals surface area contributed by atoms with Crippen molar-refractivity contribution in [1.29, 1.82) is 0 Å². The van der Waals surface area contributed by atoms with Crippen LogP contribution in [0.5, 0.6) is 0 Å². The Bertz CT molecular complexity index is 207. The summed E-state index contributed by atoms with van der Waals surface area (Å²) in [6.45, 7) is 4.23. The molecule has 0 saturated carbocycles. The number of hydrogen-bond donors (Lipinski definition) is 0. The molecule has 0 amide bonds. The molecule has 0 aliphatic rings. The van der Waals surface area contributed by atoms with Crippen LogP contribution in [0.1, 0.15) is 71.6 Å². The van der Waals surface area contributed by atoms with Crippen molar-refractivity contribution in [2.45, 2.75) is 71.6 Å². The Morgan fingerprint density at radius 1 is 0.933 bits per heavy atom. The molecule has 0 aromatic carbocycles. The van der Waals surface area contributed by atoms with Crippen molar-refractivity contribution in [3.63, 3.8) is 0 Å². The van der Waals surface area contributed by atoms with Crippen LogP contribution in [-0.4, -0.2) is 5.78 Å². The van der Waals surface area contributed by atoms with Gasteiger partial charge in [-0.05, 0) is 18.8 Å². The number of rotatable bonds is 8. The normalized spacial score (nSPS) is 9.47. The molecule has 0 saturated heterocycles. The number of carbonyl (C=O) groups is 1. The highest BCUT2D eigenvalue weighted by Gasteiger charge is 1.92. The number of unbranched alkanes of at least 4 members (excludes halogenated alkanes) is 6. The average molecular weight is 208 g/mol. The van der Waals surface area contributed by atoms with E-state index in [0.717, 1.165) is 19.3 Å². The maximum Gasteiger partial charge on any atom is 0.205 e. The van der Waals surface area contributed by atoms with Gasteiger partial charge in [0.15, 0.2) is 0 Å². The van der Waals surface area contributed by atoms with E-state index in [9.17, 15) is 4.79 Å². The zero-order valence-corrected chi connectivity index (χ0v) is 10.3. The molecule has 0 heterocycles. The summed E-state index contributed by atoms with van der Waals surface area (Å²) >= 11 is 0. The lowest BCUT2D eigenvalue weighted by Crippen LogP contribution is -1.90. The molecule has 0 N–H and O–H groups in total. The zero-order chi connectivity index (χ0) is 11.4. The first-order valence-electron chi connectivity index (χ1n) is 6.33. The van der Waals surface area contributed by atoms with Gasteiger partial charge in [0.2, 0.25) is 5.78 Å². The average Bonchev–Trinajstić information content (AvgIpc) is 2.22. The standard InChI is InChI=1S/C14H24O/c1-3-5-6-7-8-9-10-11-13-14(15)12-4-2/h3-10,12H2,1-2H3. The van der Waals surface area contributed by atoms with Gasteiger partial charge in [-0.25, -0.2) is 0 Å². The lowest BCUT2D eigenvalue weighted by atomic mass is 10.1. The van der Waals surface area contributed by atoms with E-state index in [1.807, 2.05) is 6.92 Å². The molecule has 0 bridgehead atoms. The van der Waals surface area contributed by atoms with Crippen molar-refractivity contribution in [3.05, 3.63) is 0 Å². The predicted octanol–water partition coefficient (Wildman–Crippen LogP) is 4.11. The fourth-order valence-electron chi connectivity index (χ4n) is 1.44. The van der Waals surface area contributed by atoms with Crippen LogP contribution in [0.4, 0.5) is 0 Å². The summed E-state index contributed by atoms with van der Waals surface area (Å²) in [5.41, 5.74) is 0. The van der Waals surface area contributed by atoms with Crippen LogP contribution < -0.4 is 0 Å². The second-order valence-electron chi connectivity index (χ2n) is 3.99. The minimum Gasteiger partial charge on any atom is -0.285 e. The van der Waals surface area contributed by atoms with E-state index in [1.165, 1.54) is 32.1 Å². The second kappa shape index (κ2) is 11.3. The van der Waals surface area contributed by atoms with Crippen LogP contribution in [0.15, 0.2) is 0 Å². The van der Waals surface area contributed by atoms with Crippen LogP contribution in [0, 0.1) is 11.8 Å². The topological polar surface area (TPSA) is 17.1 Å². The van der Waals surface area contributed by atoms with Crippen LogP contribution >= 0.6 is 0 Å². The highest BCUT2D eigenvalue weighted by Crippen LogP contribution is 2.06. The minimum atomic E-state index is 0.100. The van der Waals surface area contributed by atoms with Gasteiger partial charge in [-0.15, -0.1) is 0 Å². The molecular formula is C14H24O. The van der Waals surface area contributed by atoms with Crippen LogP contribution in [0.2, 0.25) is 0 Å². The molecular weight excluding hydrogens is 184 g/mol. The summed E-state index contributed by atoms with van der Waals surface area (Å²) in [4.78, 5) is 11.0. The molecule has 0 fully saturated rings. The first kappa shape index (κ1) is 14.2. The molecule has 15 heavy (non-hydrogen) atoms. The van der Waals surface area contributed by atoms with Crippen molar-refractivity contribution in [2.24, 2.45) is 0 Å². The highest BCUT2D eigenvalue weighted by molar-refractivity contribution is 5.95. The molecule has 86 valence electrons. The highest BCUT2D eigenvalue weighted by atomic mass is 16.1. The zero-order valence-electron chi connectivity index (χ0n) is 10.3. The van der Waals surface area contributed by atoms with Gasteiger partial charge in [0.25, 0.3) is 0 Å². The van der Waals surface area contributed by atoms with E-state index in [0.29, 0.717) is 6.42 Å². The van der Waals surface area contributed by atoms with Gasteiger partial charge >= 0.3 is 0 Å². The van der Waals surface area contributed by atoms with Crippen LogP contribution in [0.25, 0.3) is 0 Å². The van der Waals surface area contributed by atoms with Gasteiger partial charge in [0.1, 0.15) is 0 Å². The number of carbonyl (C=O) groups excluding carboxylic acids is 1. The van der Waals surface area contributed by atoms with E-state index >= 15 is 0 Å². The third-order valence-electron chi connectivity index (χ3n) is 2.36. The monoisotopic (exact) mass is 208 g/mol. The lowest BCUT2D eigenvalue weighted by molar-refractivity contribution is -0.113. The number of Topliss-reactive ketones (excluding diaryl/α,β-unsaturated/α-hetero) is 1. The summed E-state index contributed by atoms with van der Waals surface area (Å²) in [5.74, 6) is 5.76. The molecule has 0 aliphatic heterocycles.